The molecule has 1 fully saturated rings. The van der Waals surface area contributed by atoms with Crippen molar-refractivity contribution in [2.24, 2.45) is 5.73 Å². The summed E-state index contributed by atoms with van der Waals surface area (Å²) in [4.78, 5) is 0. The van der Waals surface area contributed by atoms with Gasteiger partial charge in [0.2, 0.25) is 0 Å². The third-order valence-electron chi connectivity index (χ3n) is 4.19. The summed E-state index contributed by atoms with van der Waals surface area (Å²) in [5, 5.41) is 0. The van der Waals surface area contributed by atoms with Crippen LogP contribution in [0.3, 0.4) is 0 Å². The smallest absolute Gasteiger partial charge is 0.400 e. The SMILES string of the molecule is Cc1cccc(C=C(CN)B2OC(C)(C)C(C)(C)O2)c1. The van der Waals surface area contributed by atoms with Crippen LogP contribution >= 0.6 is 0 Å². The molecule has 2 N–H and O–H groups in total. The molecule has 0 aliphatic carbocycles. The number of nitrogens with two attached hydrogens (primary N) is 1. The fraction of sp³-hybridized carbons (Fsp3) is 0.500. The van der Waals surface area contributed by atoms with Gasteiger partial charge in [0, 0.05) is 6.54 Å². The van der Waals surface area contributed by atoms with Crippen molar-refractivity contribution in [2.45, 2.75) is 45.8 Å². The van der Waals surface area contributed by atoms with E-state index in [2.05, 4.69) is 31.2 Å². The molecule has 1 saturated heterocycles. The minimum atomic E-state index is -0.370. The van der Waals surface area contributed by atoms with Crippen molar-refractivity contribution in [1.82, 2.24) is 0 Å². The van der Waals surface area contributed by atoms with Crippen molar-refractivity contribution < 1.29 is 9.31 Å². The fourth-order valence-electron chi connectivity index (χ4n) is 2.19. The Morgan fingerprint density at radius 1 is 1.20 bits per heavy atom. The predicted octanol–water partition coefficient (Wildman–Crippen LogP) is 2.97. The van der Waals surface area contributed by atoms with Crippen LogP contribution in [-0.4, -0.2) is 24.9 Å². The van der Waals surface area contributed by atoms with Crippen molar-refractivity contribution in [2.75, 3.05) is 6.54 Å². The minimum absolute atomic E-state index is 0.335. The Morgan fingerprint density at radius 2 is 1.80 bits per heavy atom. The first kappa shape index (κ1) is 15.3. The van der Waals surface area contributed by atoms with Crippen LogP contribution in [0.1, 0.15) is 38.8 Å². The van der Waals surface area contributed by atoms with E-state index >= 15 is 0 Å². The highest BCUT2D eigenvalue weighted by atomic mass is 16.7. The van der Waals surface area contributed by atoms with E-state index < -0.39 is 0 Å². The van der Waals surface area contributed by atoms with E-state index in [9.17, 15) is 0 Å². The second-order valence-electron chi connectivity index (χ2n) is 6.43. The van der Waals surface area contributed by atoms with Gasteiger partial charge < -0.3 is 15.0 Å². The van der Waals surface area contributed by atoms with E-state index in [1.54, 1.807) is 0 Å². The van der Waals surface area contributed by atoms with Gasteiger partial charge in [-0.1, -0.05) is 35.9 Å². The zero-order chi connectivity index (χ0) is 15.0. The third kappa shape index (κ3) is 2.98. The van der Waals surface area contributed by atoms with Gasteiger partial charge in [-0.2, -0.15) is 0 Å². The normalized spacial score (nSPS) is 21.3. The molecule has 4 heteroatoms. The minimum Gasteiger partial charge on any atom is -0.400 e. The lowest BCUT2D eigenvalue weighted by atomic mass is 9.77. The molecule has 2 rings (SSSR count). The molecule has 0 atom stereocenters. The lowest BCUT2D eigenvalue weighted by Crippen LogP contribution is -2.41. The lowest BCUT2D eigenvalue weighted by molar-refractivity contribution is 0.00578. The molecule has 1 aliphatic heterocycles. The van der Waals surface area contributed by atoms with Crippen LogP contribution in [0.2, 0.25) is 0 Å². The van der Waals surface area contributed by atoms with Crippen LogP contribution < -0.4 is 5.73 Å². The van der Waals surface area contributed by atoms with Crippen LogP contribution in [0.4, 0.5) is 0 Å². The second-order valence-corrected chi connectivity index (χ2v) is 6.43. The molecule has 20 heavy (non-hydrogen) atoms. The molecular formula is C16H24BNO2. The largest absolute Gasteiger partial charge is 0.491 e. The maximum Gasteiger partial charge on any atom is 0.491 e. The summed E-state index contributed by atoms with van der Waals surface area (Å²) in [6.07, 6.45) is 2.06. The van der Waals surface area contributed by atoms with Gasteiger partial charge in [-0.15, -0.1) is 0 Å². The van der Waals surface area contributed by atoms with Crippen LogP contribution in [0, 0.1) is 6.92 Å². The van der Waals surface area contributed by atoms with Crippen LogP contribution in [0.15, 0.2) is 29.7 Å². The molecule has 108 valence electrons. The van der Waals surface area contributed by atoms with Crippen LogP contribution in [-0.2, 0) is 9.31 Å². The lowest BCUT2D eigenvalue weighted by Gasteiger charge is -2.32. The summed E-state index contributed by atoms with van der Waals surface area (Å²) in [6, 6.07) is 8.31. The monoisotopic (exact) mass is 273 g/mol. The van der Waals surface area contributed by atoms with Gasteiger partial charge in [0.25, 0.3) is 0 Å². The van der Waals surface area contributed by atoms with Crippen molar-refractivity contribution in [3.05, 3.63) is 40.9 Å². The Kier molecular flexibility index (Phi) is 4.10. The zero-order valence-electron chi connectivity index (χ0n) is 13.1. The van der Waals surface area contributed by atoms with Crippen molar-refractivity contribution in [3.8, 4) is 0 Å². The van der Waals surface area contributed by atoms with Gasteiger partial charge in [-0.3, -0.25) is 0 Å². The summed E-state index contributed by atoms with van der Waals surface area (Å²) in [7, 11) is -0.370. The standard InChI is InChI=1S/C16H24BNO2/c1-12-7-6-8-13(9-12)10-14(11-18)17-19-15(2,3)16(4,5)20-17/h6-10H,11,18H2,1-5H3. The molecule has 1 heterocycles. The summed E-state index contributed by atoms with van der Waals surface area (Å²) < 4.78 is 12.1. The number of aryl methyl sites for hydroxylation is 1. The maximum atomic E-state index is 6.05. The van der Waals surface area contributed by atoms with Crippen LogP contribution in [0.25, 0.3) is 6.08 Å². The molecule has 0 unspecified atom stereocenters. The highest BCUT2D eigenvalue weighted by molar-refractivity contribution is 6.55. The molecule has 0 saturated carbocycles. The van der Waals surface area contributed by atoms with E-state index in [0.29, 0.717) is 6.54 Å². The molecule has 3 nitrogen and oxygen atoms in total. The molecule has 0 amide bonds. The van der Waals surface area contributed by atoms with E-state index in [1.165, 1.54) is 5.56 Å². The highest BCUT2D eigenvalue weighted by Crippen LogP contribution is 2.38. The van der Waals surface area contributed by atoms with Crippen molar-refractivity contribution in [1.29, 1.82) is 0 Å². The Bertz CT molecular complexity index is 507. The van der Waals surface area contributed by atoms with E-state index in [-0.39, 0.29) is 18.3 Å². The quantitative estimate of drug-likeness (QED) is 0.861. The van der Waals surface area contributed by atoms with Gasteiger partial charge in [0.15, 0.2) is 0 Å². The topological polar surface area (TPSA) is 44.5 Å². The van der Waals surface area contributed by atoms with E-state index in [4.69, 9.17) is 15.0 Å². The summed E-state index contributed by atoms with van der Waals surface area (Å²) >= 11 is 0. The molecule has 0 bridgehead atoms. The number of rotatable bonds is 3. The molecule has 0 spiro atoms. The molecular weight excluding hydrogens is 249 g/mol. The van der Waals surface area contributed by atoms with Gasteiger partial charge in [-0.05, 0) is 45.7 Å². The first-order valence-electron chi connectivity index (χ1n) is 7.08. The summed E-state index contributed by atoms with van der Waals surface area (Å²) in [6.45, 7) is 10.7. The molecule has 1 aromatic rings. The Morgan fingerprint density at radius 3 is 2.30 bits per heavy atom. The van der Waals surface area contributed by atoms with Crippen molar-refractivity contribution >= 4 is 13.2 Å². The van der Waals surface area contributed by atoms with Gasteiger partial charge in [0.1, 0.15) is 0 Å². The summed E-state index contributed by atoms with van der Waals surface area (Å²) in [5.74, 6) is 0. The number of hydrogen-bond donors (Lipinski definition) is 1. The third-order valence-corrected chi connectivity index (χ3v) is 4.19. The first-order chi connectivity index (χ1) is 9.25. The highest BCUT2D eigenvalue weighted by Gasteiger charge is 2.52. The fourth-order valence-corrected chi connectivity index (χ4v) is 2.19. The Hall–Kier alpha value is -1.10. The Balaban J connectivity index is 2.26. The maximum absolute atomic E-state index is 6.05. The Labute approximate surface area is 122 Å². The van der Waals surface area contributed by atoms with Gasteiger partial charge >= 0.3 is 7.12 Å². The molecule has 0 radical (unpaired) electrons. The van der Waals surface area contributed by atoms with Crippen LogP contribution in [0.5, 0.6) is 0 Å². The molecule has 1 aromatic carbocycles. The van der Waals surface area contributed by atoms with Crippen molar-refractivity contribution in [3.63, 3.8) is 0 Å². The molecule has 0 aromatic heterocycles. The van der Waals surface area contributed by atoms with E-state index in [0.717, 1.165) is 11.0 Å². The number of benzene rings is 1. The predicted molar refractivity (Wildman–Crippen MR) is 84.3 cm³/mol. The average Bonchev–Trinajstić information content (AvgIpc) is 2.55. The molecule has 1 aliphatic rings. The first-order valence-corrected chi connectivity index (χ1v) is 7.08. The second kappa shape index (κ2) is 5.36. The number of hydrogen-bond acceptors (Lipinski definition) is 3. The zero-order valence-corrected chi connectivity index (χ0v) is 13.1. The average molecular weight is 273 g/mol. The summed E-state index contributed by atoms with van der Waals surface area (Å²) in [5.41, 5.74) is 8.54. The van der Waals surface area contributed by atoms with Gasteiger partial charge in [0.05, 0.1) is 11.2 Å². The van der Waals surface area contributed by atoms with Gasteiger partial charge in [-0.25, -0.2) is 0 Å². The van der Waals surface area contributed by atoms with E-state index in [1.807, 2.05) is 33.8 Å².